The standard InChI is InChI=1S/C24H40N2O4Si4/c1-11-31(3,4)29-33(7,8)23-17-21(25-27-23)19-13-15-20(16-14-19)22-18-24(28-26-22)34(9,10)30-32(5,6)12-2/h11-16,23-24H,1-2,17-18H2,3-10H3/t23-,24+. The summed E-state index contributed by atoms with van der Waals surface area (Å²) in [4.78, 5) is 11.7. The van der Waals surface area contributed by atoms with Crippen molar-refractivity contribution >= 4 is 44.7 Å². The SMILES string of the molecule is C=C[Si](C)(C)O[Si](C)(C)[C@@H]1CC(c2ccc(C3=NO[C@@H]([Si](C)(C)O[Si](C)(C)C=C)C3)cc2)=NO1. The minimum absolute atomic E-state index is 0.0119. The quantitative estimate of drug-likeness (QED) is 0.344. The third kappa shape index (κ3) is 6.35. The molecule has 0 fully saturated rings. The molecule has 0 aliphatic carbocycles. The third-order valence-corrected chi connectivity index (χ3v) is 20.6. The number of hydrogen-bond acceptors (Lipinski definition) is 6. The van der Waals surface area contributed by atoms with Gasteiger partial charge in [-0.15, -0.1) is 13.2 Å². The van der Waals surface area contributed by atoms with Gasteiger partial charge in [-0.05, 0) is 63.5 Å². The average Bonchev–Trinajstić information content (AvgIpc) is 3.43. The van der Waals surface area contributed by atoms with Gasteiger partial charge >= 0.3 is 0 Å². The van der Waals surface area contributed by atoms with E-state index in [2.05, 4.69) is 100 Å². The third-order valence-electron chi connectivity index (χ3n) is 6.48. The van der Waals surface area contributed by atoms with Gasteiger partial charge in [-0.1, -0.05) is 46.0 Å². The summed E-state index contributed by atoms with van der Waals surface area (Å²) >= 11 is 0. The van der Waals surface area contributed by atoms with Crippen LogP contribution in [0.25, 0.3) is 0 Å². The van der Waals surface area contributed by atoms with Gasteiger partial charge in [-0.25, -0.2) is 0 Å². The second kappa shape index (κ2) is 9.82. The number of rotatable bonds is 10. The van der Waals surface area contributed by atoms with Crippen LogP contribution in [0.5, 0.6) is 0 Å². The van der Waals surface area contributed by atoms with E-state index in [0.717, 1.165) is 35.4 Å². The second-order valence-electron chi connectivity index (χ2n) is 11.3. The summed E-state index contributed by atoms with van der Waals surface area (Å²) in [6, 6.07) is 8.39. The Morgan fingerprint density at radius 3 is 1.32 bits per heavy atom. The molecule has 2 atom stereocenters. The van der Waals surface area contributed by atoms with Crippen LogP contribution in [-0.4, -0.2) is 56.1 Å². The summed E-state index contributed by atoms with van der Waals surface area (Å²) in [5, 5.41) is 8.83. The molecular weight excluding hydrogens is 493 g/mol. The first-order chi connectivity index (χ1) is 15.7. The number of hydrogen-bond donors (Lipinski definition) is 0. The minimum atomic E-state index is -2.07. The van der Waals surface area contributed by atoms with Crippen LogP contribution in [0.4, 0.5) is 0 Å². The fourth-order valence-corrected chi connectivity index (χ4v) is 18.8. The van der Waals surface area contributed by atoms with Crippen molar-refractivity contribution in [2.45, 2.75) is 76.7 Å². The van der Waals surface area contributed by atoms with Crippen LogP contribution in [0.15, 0.2) is 59.1 Å². The van der Waals surface area contributed by atoms with E-state index >= 15 is 0 Å². The van der Waals surface area contributed by atoms with Gasteiger partial charge in [0, 0.05) is 12.8 Å². The van der Waals surface area contributed by atoms with Crippen LogP contribution in [0.1, 0.15) is 24.0 Å². The Bertz CT molecular complexity index is 908. The monoisotopic (exact) mass is 532 g/mol. The number of oxime groups is 2. The van der Waals surface area contributed by atoms with Gasteiger partial charge in [0.2, 0.25) is 16.6 Å². The summed E-state index contributed by atoms with van der Waals surface area (Å²) in [5.74, 6) is 0. The van der Waals surface area contributed by atoms with E-state index in [0.29, 0.717) is 0 Å². The van der Waals surface area contributed by atoms with Gasteiger partial charge in [-0.2, -0.15) is 0 Å². The molecule has 0 unspecified atom stereocenters. The first kappa shape index (κ1) is 27.0. The molecule has 0 amide bonds. The first-order valence-corrected chi connectivity index (χ1v) is 23.9. The number of nitrogens with zero attached hydrogens (tertiary/aromatic N) is 2. The fraction of sp³-hybridized carbons (Fsp3) is 0.500. The molecule has 0 bridgehead atoms. The smallest absolute Gasteiger partial charge is 0.221 e. The molecule has 0 saturated carbocycles. The van der Waals surface area contributed by atoms with Crippen molar-refractivity contribution in [1.29, 1.82) is 0 Å². The Kier molecular flexibility index (Phi) is 7.81. The van der Waals surface area contributed by atoms with E-state index in [9.17, 15) is 0 Å². The first-order valence-electron chi connectivity index (χ1n) is 11.9. The van der Waals surface area contributed by atoms with Gasteiger partial charge in [0.15, 0.2) is 16.6 Å². The molecule has 1 aromatic rings. The lowest BCUT2D eigenvalue weighted by Crippen LogP contribution is -2.52. The van der Waals surface area contributed by atoms with E-state index in [-0.39, 0.29) is 11.5 Å². The normalized spacial score (nSPS) is 21.4. The van der Waals surface area contributed by atoms with Crippen LogP contribution in [0.2, 0.25) is 52.4 Å². The maximum atomic E-state index is 6.53. The van der Waals surface area contributed by atoms with E-state index < -0.39 is 33.3 Å². The highest BCUT2D eigenvalue weighted by Gasteiger charge is 2.44. The van der Waals surface area contributed by atoms with Gasteiger partial charge in [0.05, 0.1) is 11.4 Å². The highest BCUT2D eigenvalue weighted by Crippen LogP contribution is 2.30. The van der Waals surface area contributed by atoms with Crippen molar-refractivity contribution in [2.24, 2.45) is 10.3 Å². The predicted octanol–water partition coefficient (Wildman–Crippen LogP) is 6.06. The van der Waals surface area contributed by atoms with Crippen LogP contribution in [0, 0.1) is 0 Å². The largest absolute Gasteiger partial charge is 0.450 e. The fourth-order valence-electron chi connectivity index (χ4n) is 4.27. The molecule has 186 valence electrons. The Balaban J connectivity index is 1.62. The predicted molar refractivity (Wildman–Crippen MR) is 151 cm³/mol. The molecule has 2 aliphatic rings. The highest BCUT2D eigenvalue weighted by molar-refractivity contribution is 6.88. The minimum Gasteiger partial charge on any atom is -0.450 e. The zero-order chi connectivity index (χ0) is 25.4. The van der Waals surface area contributed by atoms with Gasteiger partial charge in [0.1, 0.15) is 11.5 Å². The molecule has 0 spiro atoms. The van der Waals surface area contributed by atoms with E-state index in [1.54, 1.807) is 0 Å². The molecule has 2 heterocycles. The highest BCUT2D eigenvalue weighted by atomic mass is 28.4. The Hall–Kier alpha value is -1.57. The molecule has 1 aromatic carbocycles. The summed E-state index contributed by atoms with van der Waals surface area (Å²) in [6.07, 6.45) is 1.54. The molecule has 0 saturated heterocycles. The van der Waals surface area contributed by atoms with Crippen LogP contribution < -0.4 is 0 Å². The van der Waals surface area contributed by atoms with Crippen molar-refractivity contribution in [3.63, 3.8) is 0 Å². The maximum absolute atomic E-state index is 6.53. The lowest BCUT2D eigenvalue weighted by Gasteiger charge is -2.34. The topological polar surface area (TPSA) is 61.6 Å². The lowest BCUT2D eigenvalue weighted by atomic mass is 10.0. The van der Waals surface area contributed by atoms with E-state index in [4.69, 9.17) is 17.9 Å². The zero-order valence-corrected chi connectivity index (χ0v) is 26.0. The summed E-state index contributed by atoms with van der Waals surface area (Å²) in [7, 11) is -7.90. The van der Waals surface area contributed by atoms with Crippen molar-refractivity contribution < 1.29 is 17.9 Å². The Labute approximate surface area is 209 Å². The van der Waals surface area contributed by atoms with Crippen molar-refractivity contribution in [2.75, 3.05) is 0 Å². The lowest BCUT2D eigenvalue weighted by molar-refractivity contribution is 0.124. The summed E-state index contributed by atoms with van der Waals surface area (Å²) < 4.78 is 13.1. The molecule has 3 rings (SSSR count). The molecular formula is C24H40N2O4Si4. The number of benzene rings is 1. The van der Waals surface area contributed by atoms with Crippen molar-refractivity contribution in [1.82, 2.24) is 0 Å². The molecule has 0 aromatic heterocycles. The van der Waals surface area contributed by atoms with E-state index in [1.807, 2.05) is 11.4 Å². The molecule has 10 heteroatoms. The molecule has 0 radical (unpaired) electrons. The van der Waals surface area contributed by atoms with Gasteiger partial charge < -0.3 is 17.9 Å². The van der Waals surface area contributed by atoms with Gasteiger partial charge in [-0.3, -0.25) is 0 Å². The Morgan fingerprint density at radius 1 is 0.706 bits per heavy atom. The molecule has 2 aliphatic heterocycles. The molecule has 6 nitrogen and oxygen atoms in total. The van der Waals surface area contributed by atoms with Crippen LogP contribution in [-0.2, 0) is 17.9 Å². The van der Waals surface area contributed by atoms with Crippen LogP contribution in [0.3, 0.4) is 0 Å². The zero-order valence-electron chi connectivity index (χ0n) is 22.0. The average molecular weight is 533 g/mol. The Morgan fingerprint density at radius 2 is 1.03 bits per heavy atom. The molecule has 0 N–H and O–H groups in total. The van der Waals surface area contributed by atoms with Crippen molar-refractivity contribution in [3.8, 4) is 0 Å². The maximum Gasteiger partial charge on any atom is 0.221 e. The molecule has 34 heavy (non-hydrogen) atoms. The van der Waals surface area contributed by atoms with Gasteiger partial charge in [0.25, 0.3) is 0 Å². The van der Waals surface area contributed by atoms with Crippen molar-refractivity contribution in [3.05, 3.63) is 59.9 Å². The van der Waals surface area contributed by atoms with E-state index in [1.165, 1.54) is 0 Å². The summed E-state index contributed by atoms with van der Waals surface area (Å²) in [6.45, 7) is 25.4. The second-order valence-corrected chi connectivity index (χ2v) is 27.8. The van der Waals surface area contributed by atoms with Crippen LogP contribution >= 0.6 is 0 Å². The summed E-state index contributed by atoms with van der Waals surface area (Å²) in [5.41, 5.74) is 8.08.